The van der Waals surface area contributed by atoms with Crippen LogP contribution in [0, 0.1) is 5.82 Å². The fourth-order valence-electron chi connectivity index (χ4n) is 3.43. The molecule has 6 nitrogen and oxygen atoms in total. The van der Waals surface area contributed by atoms with Crippen molar-refractivity contribution in [2.45, 2.75) is 0 Å². The molecule has 0 radical (unpaired) electrons. The normalized spacial score (nSPS) is 14.7. The quantitative estimate of drug-likeness (QED) is 0.662. The summed E-state index contributed by atoms with van der Waals surface area (Å²) in [5.41, 5.74) is 2.67. The standard InChI is InChI=1S/C22H23FN4O2/c23-18-6-8-19(9-7-18)27-21(16-20(25-27)17-4-2-1-3-5-17)22(28)24-10-11-26-12-14-29-15-13-26/h1-9,16H,10-15H2,(H,24,28)/p+1. The summed E-state index contributed by atoms with van der Waals surface area (Å²) in [5, 5.41) is 7.61. The van der Waals surface area contributed by atoms with E-state index in [9.17, 15) is 9.18 Å². The molecule has 2 N–H and O–H groups in total. The molecular weight excluding hydrogens is 371 g/mol. The van der Waals surface area contributed by atoms with Gasteiger partial charge in [-0.25, -0.2) is 9.07 Å². The number of amides is 1. The van der Waals surface area contributed by atoms with Crippen LogP contribution < -0.4 is 10.2 Å². The third-order valence-corrected chi connectivity index (χ3v) is 5.05. The number of carbonyl (C=O) groups excluding carboxylic acids is 1. The number of aromatic nitrogens is 2. The molecule has 1 aliphatic rings. The smallest absolute Gasteiger partial charge is 0.270 e. The van der Waals surface area contributed by atoms with E-state index in [1.54, 1.807) is 22.9 Å². The van der Waals surface area contributed by atoms with E-state index >= 15 is 0 Å². The largest absolute Gasteiger partial charge is 0.370 e. The first-order chi connectivity index (χ1) is 14.2. The van der Waals surface area contributed by atoms with Gasteiger partial charge in [-0.2, -0.15) is 5.10 Å². The first-order valence-electron chi connectivity index (χ1n) is 9.81. The minimum atomic E-state index is -0.330. The Morgan fingerprint density at radius 2 is 1.83 bits per heavy atom. The molecule has 0 spiro atoms. The molecule has 7 heteroatoms. The zero-order valence-electron chi connectivity index (χ0n) is 16.1. The average Bonchev–Trinajstić information content (AvgIpc) is 3.21. The van der Waals surface area contributed by atoms with Crippen LogP contribution in [-0.2, 0) is 4.74 Å². The molecule has 4 rings (SSSR count). The first-order valence-corrected chi connectivity index (χ1v) is 9.81. The first kappa shape index (κ1) is 19.3. The van der Waals surface area contributed by atoms with Gasteiger partial charge in [-0.3, -0.25) is 4.79 Å². The fraction of sp³-hybridized carbons (Fsp3) is 0.273. The highest BCUT2D eigenvalue weighted by Crippen LogP contribution is 2.21. The van der Waals surface area contributed by atoms with Crippen LogP contribution in [0.5, 0.6) is 0 Å². The Balaban J connectivity index is 1.55. The number of ether oxygens (including phenoxy) is 1. The summed E-state index contributed by atoms with van der Waals surface area (Å²) in [7, 11) is 0. The molecule has 1 amide bonds. The van der Waals surface area contributed by atoms with E-state index in [-0.39, 0.29) is 11.7 Å². The lowest BCUT2D eigenvalue weighted by atomic mass is 10.1. The van der Waals surface area contributed by atoms with Crippen molar-refractivity contribution < 1.29 is 18.8 Å². The molecule has 1 aromatic heterocycles. The van der Waals surface area contributed by atoms with Gasteiger partial charge in [0.2, 0.25) is 0 Å². The maximum atomic E-state index is 13.4. The number of nitrogens with zero attached hydrogens (tertiary/aromatic N) is 2. The Kier molecular flexibility index (Phi) is 5.97. The van der Waals surface area contributed by atoms with E-state index in [4.69, 9.17) is 4.74 Å². The number of morpholine rings is 1. The van der Waals surface area contributed by atoms with Crippen LogP contribution in [0.1, 0.15) is 10.5 Å². The van der Waals surface area contributed by atoms with Crippen molar-refractivity contribution in [2.24, 2.45) is 0 Å². The van der Waals surface area contributed by atoms with E-state index in [1.165, 1.54) is 17.0 Å². The molecule has 150 valence electrons. The highest BCUT2D eigenvalue weighted by Gasteiger charge is 2.19. The topological polar surface area (TPSA) is 60.6 Å². The zero-order chi connectivity index (χ0) is 20.1. The summed E-state index contributed by atoms with van der Waals surface area (Å²) in [4.78, 5) is 14.3. The van der Waals surface area contributed by atoms with Crippen LogP contribution in [-0.4, -0.2) is 55.1 Å². The Labute approximate surface area is 168 Å². The molecule has 0 saturated carbocycles. The molecule has 2 aromatic carbocycles. The second kappa shape index (κ2) is 8.98. The summed E-state index contributed by atoms with van der Waals surface area (Å²) in [6.45, 7) is 4.87. The van der Waals surface area contributed by atoms with Crippen molar-refractivity contribution in [2.75, 3.05) is 39.4 Å². The Morgan fingerprint density at radius 1 is 1.10 bits per heavy atom. The van der Waals surface area contributed by atoms with Gasteiger partial charge in [0.1, 0.15) is 24.6 Å². The van der Waals surface area contributed by atoms with Gasteiger partial charge in [-0.15, -0.1) is 0 Å². The molecule has 0 bridgehead atoms. The molecular formula is C22H24FN4O2+. The van der Waals surface area contributed by atoms with E-state index in [0.717, 1.165) is 38.4 Å². The van der Waals surface area contributed by atoms with E-state index in [2.05, 4.69) is 10.4 Å². The Morgan fingerprint density at radius 3 is 2.55 bits per heavy atom. The van der Waals surface area contributed by atoms with Crippen LogP contribution in [0.3, 0.4) is 0 Å². The highest BCUT2D eigenvalue weighted by atomic mass is 19.1. The van der Waals surface area contributed by atoms with Gasteiger partial charge in [0.05, 0.1) is 37.7 Å². The van der Waals surface area contributed by atoms with Crippen LogP contribution in [0.4, 0.5) is 4.39 Å². The number of halogens is 1. The van der Waals surface area contributed by atoms with E-state index in [1.807, 2.05) is 30.3 Å². The third kappa shape index (κ3) is 4.70. The van der Waals surface area contributed by atoms with Gasteiger partial charge in [0, 0.05) is 5.56 Å². The lowest BCUT2D eigenvalue weighted by Crippen LogP contribution is -3.14. The summed E-state index contributed by atoms with van der Waals surface area (Å²) in [6, 6.07) is 17.4. The molecule has 1 saturated heterocycles. The number of benzene rings is 2. The van der Waals surface area contributed by atoms with Crippen LogP contribution in [0.15, 0.2) is 60.7 Å². The van der Waals surface area contributed by atoms with Crippen molar-refractivity contribution in [1.29, 1.82) is 0 Å². The minimum absolute atomic E-state index is 0.198. The SMILES string of the molecule is O=C(NCC[NH+]1CCOCC1)c1cc(-c2ccccc2)nn1-c1ccc(F)cc1. The maximum absolute atomic E-state index is 13.4. The van der Waals surface area contributed by atoms with Crippen molar-refractivity contribution in [3.8, 4) is 16.9 Å². The molecule has 29 heavy (non-hydrogen) atoms. The van der Waals surface area contributed by atoms with Gasteiger partial charge in [-0.05, 0) is 30.3 Å². The molecule has 1 fully saturated rings. The zero-order valence-corrected chi connectivity index (χ0v) is 16.1. The fourth-order valence-corrected chi connectivity index (χ4v) is 3.43. The number of quaternary nitrogens is 1. The van der Waals surface area contributed by atoms with Crippen molar-refractivity contribution in [3.63, 3.8) is 0 Å². The lowest BCUT2D eigenvalue weighted by Gasteiger charge is -2.23. The predicted molar refractivity (Wildman–Crippen MR) is 108 cm³/mol. The Bertz CT molecular complexity index is 951. The lowest BCUT2D eigenvalue weighted by molar-refractivity contribution is -0.906. The van der Waals surface area contributed by atoms with Gasteiger partial charge >= 0.3 is 0 Å². The third-order valence-electron chi connectivity index (χ3n) is 5.05. The second-order valence-electron chi connectivity index (χ2n) is 7.04. The summed E-state index contributed by atoms with van der Waals surface area (Å²) >= 11 is 0. The number of hydrogen-bond donors (Lipinski definition) is 2. The van der Waals surface area contributed by atoms with E-state index < -0.39 is 0 Å². The number of rotatable bonds is 6. The van der Waals surface area contributed by atoms with Crippen molar-refractivity contribution >= 4 is 5.91 Å². The maximum Gasteiger partial charge on any atom is 0.270 e. The van der Waals surface area contributed by atoms with E-state index in [0.29, 0.717) is 23.6 Å². The Hall–Kier alpha value is -3.03. The molecule has 0 unspecified atom stereocenters. The summed E-state index contributed by atoms with van der Waals surface area (Å²) in [6.07, 6.45) is 0. The number of hydrogen-bond acceptors (Lipinski definition) is 3. The average molecular weight is 395 g/mol. The van der Waals surface area contributed by atoms with Gasteiger partial charge in [0.25, 0.3) is 5.91 Å². The van der Waals surface area contributed by atoms with Gasteiger partial charge in [0.15, 0.2) is 0 Å². The number of nitrogens with one attached hydrogen (secondary N) is 2. The van der Waals surface area contributed by atoms with Crippen molar-refractivity contribution in [1.82, 2.24) is 15.1 Å². The van der Waals surface area contributed by atoms with Crippen LogP contribution >= 0.6 is 0 Å². The molecule has 0 aliphatic carbocycles. The second-order valence-corrected chi connectivity index (χ2v) is 7.04. The van der Waals surface area contributed by atoms with Crippen LogP contribution in [0.25, 0.3) is 16.9 Å². The summed E-state index contributed by atoms with van der Waals surface area (Å²) in [5.74, 6) is -0.527. The molecule has 2 heterocycles. The van der Waals surface area contributed by atoms with Crippen LogP contribution in [0.2, 0.25) is 0 Å². The molecule has 1 aliphatic heterocycles. The molecule has 0 atom stereocenters. The predicted octanol–water partition coefficient (Wildman–Crippen LogP) is 1.32. The highest BCUT2D eigenvalue weighted by molar-refractivity contribution is 5.94. The van der Waals surface area contributed by atoms with Gasteiger partial charge in [-0.1, -0.05) is 30.3 Å². The minimum Gasteiger partial charge on any atom is -0.370 e. The monoisotopic (exact) mass is 395 g/mol. The number of carbonyl (C=O) groups is 1. The van der Waals surface area contributed by atoms with Crippen molar-refractivity contribution in [3.05, 3.63) is 72.2 Å². The van der Waals surface area contributed by atoms with Gasteiger partial charge < -0.3 is 15.0 Å². The molecule has 3 aromatic rings. The summed E-state index contributed by atoms with van der Waals surface area (Å²) < 4.78 is 20.3.